The van der Waals surface area contributed by atoms with Crippen molar-refractivity contribution in [3.8, 4) is 5.75 Å². The molecule has 6 heteroatoms. The normalized spacial score (nSPS) is 19.5. The van der Waals surface area contributed by atoms with Crippen molar-refractivity contribution >= 4 is 17.4 Å². The number of carbonyl (C=O) groups excluding carboxylic acids is 1. The summed E-state index contributed by atoms with van der Waals surface area (Å²) in [4.78, 5) is 21.5. The maximum absolute atomic E-state index is 12.5. The summed E-state index contributed by atoms with van der Waals surface area (Å²) in [6.07, 6.45) is 5.27. The molecule has 0 aliphatic carbocycles. The summed E-state index contributed by atoms with van der Waals surface area (Å²) in [5, 5.41) is 3.05. The zero-order valence-electron chi connectivity index (χ0n) is 17.4. The maximum Gasteiger partial charge on any atom is 0.238 e. The van der Waals surface area contributed by atoms with Crippen molar-refractivity contribution < 1.29 is 9.53 Å². The predicted molar refractivity (Wildman–Crippen MR) is 116 cm³/mol. The van der Waals surface area contributed by atoms with Crippen LogP contribution in [0.5, 0.6) is 5.75 Å². The Bertz CT molecular complexity index is 864. The van der Waals surface area contributed by atoms with Crippen LogP contribution in [0.3, 0.4) is 0 Å². The lowest BCUT2D eigenvalue weighted by Gasteiger charge is -2.22. The molecule has 2 fully saturated rings. The Morgan fingerprint density at radius 1 is 1.17 bits per heavy atom. The van der Waals surface area contributed by atoms with Crippen LogP contribution in [0.1, 0.15) is 30.4 Å². The largest absolute Gasteiger partial charge is 0.485 e. The molecule has 1 aromatic carbocycles. The highest BCUT2D eigenvalue weighted by molar-refractivity contribution is 5.93. The number of hydrogen-bond donors (Lipinski definition) is 1. The van der Waals surface area contributed by atoms with Crippen LogP contribution in [0.25, 0.3) is 0 Å². The van der Waals surface area contributed by atoms with Crippen LogP contribution in [-0.4, -0.2) is 54.6 Å². The molecular weight excluding hydrogens is 364 g/mol. The topological polar surface area (TPSA) is 57.7 Å². The quantitative estimate of drug-likeness (QED) is 0.814. The molecule has 1 N–H and O–H groups in total. The summed E-state index contributed by atoms with van der Waals surface area (Å²) in [6.45, 7) is 8.20. The van der Waals surface area contributed by atoms with E-state index < -0.39 is 0 Å². The van der Waals surface area contributed by atoms with E-state index in [9.17, 15) is 4.79 Å². The number of benzene rings is 1. The number of hydrogen-bond acceptors (Lipinski definition) is 5. The molecule has 0 radical (unpaired) electrons. The Kier molecular flexibility index (Phi) is 6.00. The fourth-order valence-electron chi connectivity index (χ4n) is 4.14. The maximum atomic E-state index is 12.5. The first kappa shape index (κ1) is 19.7. The first-order chi connectivity index (χ1) is 14.1. The van der Waals surface area contributed by atoms with Crippen molar-refractivity contribution in [2.24, 2.45) is 0 Å². The number of pyridine rings is 1. The lowest BCUT2D eigenvalue weighted by molar-refractivity contribution is -0.117. The molecule has 2 saturated heterocycles. The molecule has 2 aromatic rings. The average molecular weight is 395 g/mol. The van der Waals surface area contributed by atoms with E-state index >= 15 is 0 Å². The summed E-state index contributed by atoms with van der Waals surface area (Å²) in [5.74, 6) is 1.84. The Labute approximate surface area is 172 Å². The third kappa shape index (κ3) is 4.70. The van der Waals surface area contributed by atoms with Gasteiger partial charge in [0.15, 0.2) is 11.6 Å². The predicted octanol–water partition coefficient (Wildman–Crippen LogP) is 3.39. The molecule has 0 saturated carbocycles. The van der Waals surface area contributed by atoms with Gasteiger partial charge in [-0.1, -0.05) is 12.1 Å². The zero-order valence-corrected chi connectivity index (χ0v) is 17.4. The first-order valence-corrected chi connectivity index (χ1v) is 10.5. The van der Waals surface area contributed by atoms with Crippen LogP contribution in [0.2, 0.25) is 0 Å². The number of ether oxygens (including phenoxy) is 1. The third-order valence-corrected chi connectivity index (χ3v) is 5.93. The van der Waals surface area contributed by atoms with Gasteiger partial charge in [-0.15, -0.1) is 0 Å². The second-order valence-corrected chi connectivity index (χ2v) is 8.08. The number of rotatable bonds is 6. The van der Waals surface area contributed by atoms with Gasteiger partial charge in [0.25, 0.3) is 0 Å². The fourth-order valence-corrected chi connectivity index (χ4v) is 4.14. The molecule has 1 aromatic heterocycles. The van der Waals surface area contributed by atoms with Crippen LogP contribution in [0.15, 0.2) is 36.5 Å². The highest BCUT2D eigenvalue weighted by Gasteiger charge is 2.27. The van der Waals surface area contributed by atoms with Gasteiger partial charge in [-0.05, 0) is 62.4 Å². The number of carbonyl (C=O) groups is 1. The van der Waals surface area contributed by atoms with Crippen LogP contribution in [0, 0.1) is 13.8 Å². The lowest BCUT2D eigenvalue weighted by atomic mass is 10.1. The summed E-state index contributed by atoms with van der Waals surface area (Å²) in [5.41, 5.74) is 3.20. The lowest BCUT2D eigenvalue weighted by Crippen LogP contribution is -2.33. The standard InChI is InChI=1S/C23H30N4O2/c1-17-7-5-8-20(18(17)2)25-22(28)16-26-14-10-19(15-26)29-21-9-6-11-24-23(21)27-12-3-4-13-27/h5-9,11,19H,3-4,10,12-16H2,1-2H3,(H,25,28). The van der Waals surface area contributed by atoms with Crippen molar-refractivity contribution in [1.82, 2.24) is 9.88 Å². The van der Waals surface area contributed by atoms with Gasteiger partial charge in [0.05, 0.1) is 6.54 Å². The second kappa shape index (κ2) is 8.82. The molecule has 4 rings (SSSR count). The van der Waals surface area contributed by atoms with Crippen molar-refractivity contribution in [3.05, 3.63) is 47.7 Å². The van der Waals surface area contributed by atoms with Gasteiger partial charge in [-0.3, -0.25) is 9.69 Å². The molecule has 0 spiro atoms. The van der Waals surface area contributed by atoms with Gasteiger partial charge in [0.1, 0.15) is 6.10 Å². The van der Waals surface area contributed by atoms with E-state index in [4.69, 9.17) is 4.74 Å². The number of anilines is 2. The molecule has 154 valence electrons. The Morgan fingerprint density at radius 2 is 2.00 bits per heavy atom. The van der Waals surface area contributed by atoms with Crippen LogP contribution < -0.4 is 15.0 Å². The van der Waals surface area contributed by atoms with E-state index in [1.165, 1.54) is 18.4 Å². The van der Waals surface area contributed by atoms with Gasteiger partial charge in [0, 0.05) is 38.1 Å². The molecular formula is C23H30N4O2. The number of nitrogens with zero attached hydrogens (tertiary/aromatic N) is 3. The van der Waals surface area contributed by atoms with Crippen molar-refractivity contribution in [2.75, 3.05) is 42.9 Å². The minimum absolute atomic E-state index is 0.0264. The van der Waals surface area contributed by atoms with E-state index in [2.05, 4.69) is 33.1 Å². The van der Waals surface area contributed by atoms with Crippen molar-refractivity contribution in [2.45, 2.75) is 39.2 Å². The number of aryl methyl sites for hydroxylation is 1. The summed E-state index contributed by atoms with van der Waals surface area (Å²) in [6, 6.07) is 9.93. The van der Waals surface area contributed by atoms with Crippen LogP contribution >= 0.6 is 0 Å². The summed E-state index contributed by atoms with van der Waals surface area (Å²) < 4.78 is 6.31. The second-order valence-electron chi connectivity index (χ2n) is 8.08. The average Bonchev–Trinajstić information content (AvgIpc) is 3.38. The van der Waals surface area contributed by atoms with E-state index in [1.807, 2.05) is 37.4 Å². The SMILES string of the molecule is Cc1cccc(NC(=O)CN2CCC(Oc3cccnc3N3CCCC3)C2)c1C. The molecule has 29 heavy (non-hydrogen) atoms. The van der Waals surface area contributed by atoms with E-state index in [1.54, 1.807) is 0 Å². The fraction of sp³-hybridized carbons (Fsp3) is 0.478. The molecule has 6 nitrogen and oxygen atoms in total. The van der Waals surface area contributed by atoms with Gasteiger partial charge in [-0.2, -0.15) is 0 Å². The minimum Gasteiger partial charge on any atom is -0.485 e. The Hall–Kier alpha value is -2.60. The molecule has 2 aliphatic rings. The summed E-state index contributed by atoms with van der Waals surface area (Å²) >= 11 is 0. The Morgan fingerprint density at radius 3 is 2.83 bits per heavy atom. The summed E-state index contributed by atoms with van der Waals surface area (Å²) in [7, 11) is 0. The third-order valence-electron chi connectivity index (χ3n) is 5.93. The first-order valence-electron chi connectivity index (χ1n) is 10.5. The van der Waals surface area contributed by atoms with Gasteiger partial charge in [-0.25, -0.2) is 4.98 Å². The monoisotopic (exact) mass is 394 g/mol. The van der Waals surface area contributed by atoms with Crippen LogP contribution in [-0.2, 0) is 4.79 Å². The molecule has 3 heterocycles. The number of likely N-dealkylation sites (tertiary alicyclic amines) is 1. The number of aromatic nitrogens is 1. The highest BCUT2D eigenvalue weighted by Crippen LogP contribution is 2.30. The van der Waals surface area contributed by atoms with Gasteiger partial charge in [0.2, 0.25) is 5.91 Å². The van der Waals surface area contributed by atoms with Crippen molar-refractivity contribution in [1.29, 1.82) is 0 Å². The van der Waals surface area contributed by atoms with E-state index in [0.29, 0.717) is 6.54 Å². The molecule has 1 unspecified atom stereocenters. The smallest absolute Gasteiger partial charge is 0.238 e. The van der Waals surface area contributed by atoms with Gasteiger partial charge >= 0.3 is 0 Å². The van der Waals surface area contributed by atoms with Gasteiger partial charge < -0.3 is 15.0 Å². The zero-order chi connectivity index (χ0) is 20.2. The molecule has 1 atom stereocenters. The number of amides is 1. The Balaban J connectivity index is 1.32. The molecule has 0 bridgehead atoms. The van der Waals surface area contributed by atoms with Crippen LogP contribution in [0.4, 0.5) is 11.5 Å². The van der Waals surface area contributed by atoms with Crippen molar-refractivity contribution in [3.63, 3.8) is 0 Å². The minimum atomic E-state index is 0.0264. The molecule has 2 aliphatic heterocycles. The van der Waals surface area contributed by atoms with E-state index in [0.717, 1.165) is 55.4 Å². The molecule has 1 amide bonds. The van der Waals surface area contributed by atoms with E-state index in [-0.39, 0.29) is 12.0 Å². The number of nitrogens with one attached hydrogen (secondary N) is 1. The highest BCUT2D eigenvalue weighted by atomic mass is 16.5.